The van der Waals surface area contributed by atoms with Crippen LogP contribution in [0.5, 0.6) is 0 Å². The molecule has 3 heterocycles. The Hall–Kier alpha value is -2.44. The maximum atomic E-state index is 12.6. The Bertz CT molecular complexity index is 585. The molecule has 0 saturated carbocycles. The van der Waals surface area contributed by atoms with Gasteiger partial charge in [0, 0.05) is 38.4 Å². The molecule has 0 bridgehead atoms. The molecule has 0 aliphatic carbocycles. The summed E-state index contributed by atoms with van der Waals surface area (Å²) in [5, 5.41) is 0. The molecule has 1 aliphatic heterocycles. The summed E-state index contributed by atoms with van der Waals surface area (Å²) >= 11 is 0. The number of nitrogens with zero attached hydrogens (tertiary/aromatic N) is 5. The van der Waals surface area contributed by atoms with Crippen LogP contribution in [-0.2, 0) is 11.3 Å². The number of hydrogen-bond acceptors (Lipinski definition) is 5. The van der Waals surface area contributed by atoms with Gasteiger partial charge >= 0.3 is 0 Å². The van der Waals surface area contributed by atoms with E-state index in [-0.39, 0.29) is 11.9 Å². The molecule has 1 unspecified atom stereocenters. The van der Waals surface area contributed by atoms with Crippen LogP contribution in [0.4, 0.5) is 5.95 Å². The van der Waals surface area contributed by atoms with Gasteiger partial charge in [-0.2, -0.15) is 0 Å². The summed E-state index contributed by atoms with van der Waals surface area (Å²) in [6.07, 6.45) is 8.66. The molecular formula is C14H18N6O. The highest BCUT2D eigenvalue weighted by molar-refractivity contribution is 5.85. The molecule has 1 saturated heterocycles. The maximum absolute atomic E-state index is 12.6. The van der Waals surface area contributed by atoms with Gasteiger partial charge in [-0.15, -0.1) is 0 Å². The predicted molar refractivity (Wildman–Crippen MR) is 77.5 cm³/mol. The zero-order valence-corrected chi connectivity index (χ0v) is 11.9. The number of carbonyl (C=O) groups excluding carboxylic acids is 1. The fraction of sp³-hybridized carbons (Fsp3) is 0.429. The minimum absolute atomic E-state index is 0.0800. The van der Waals surface area contributed by atoms with Gasteiger partial charge < -0.3 is 14.8 Å². The van der Waals surface area contributed by atoms with Crippen molar-refractivity contribution in [2.75, 3.05) is 18.5 Å². The Labute approximate surface area is 123 Å². The molecule has 7 heteroatoms. The first-order valence-electron chi connectivity index (χ1n) is 7.02. The van der Waals surface area contributed by atoms with Gasteiger partial charge in [0.15, 0.2) is 0 Å². The Morgan fingerprint density at radius 3 is 2.90 bits per heavy atom. The molecule has 0 spiro atoms. The predicted octanol–water partition coefficient (Wildman–Crippen LogP) is 0.827. The second-order valence-electron chi connectivity index (χ2n) is 5.13. The van der Waals surface area contributed by atoms with E-state index in [4.69, 9.17) is 0 Å². The molecule has 1 N–H and O–H groups in total. The van der Waals surface area contributed by atoms with E-state index < -0.39 is 0 Å². The van der Waals surface area contributed by atoms with E-state index in [9.17, 15) is 4.79 Å². The first-order chi connectivity index (χ1) is 10.3. The van der Waals surface area contributed by atoms with Crippen molar-refractivity contribution in [3.05, 3.63) is 36.7 Å². The number of carbonyl (C=O) groups is 1. The number of rotatable bonds is 4. The lowest BCUT2D eigenvalue weighted by molar-refractivity contribution is -0.131. The minimum Gasteiger partial charge on any atom is -0.347 e. The van der Waals surface area contributed by atoms with Gasteiger partial charge in [0.1, 0.15) is 11.9 Å². The summed E-state index contributed by atoms with van der Waals surface area (Å²) in [5.74, 6) is 1.49. The van der Waals surface area contributed by atoms with E-state index in [1.54, 1.807) is 42.8 Å². The molecular weight excluding hydrogens is 268 g/mol. The molecule has 1 amide bonds. The third-order valence-electron chi connectivity index (χ3n) is 3.66. The number of nitrogens with one attached hydrogen (secondary N) is 1. The van der Waals surface area contributed by atoms with E-state index in [1.807, 2.05) is 4.90 Å². The van der Waals surface area contributed by atoms with Crippen molar-refractivity contribution in [3.63, 3.8) is 0 Å². The Balaban J connectivity index is 1.71. The van der Waals surface area contributed by atoms with Crippen molar-refractivity contribution in [2.24, 2.45) is 0 Å². The summed E-state index contributed by atoms with van der Waals surface area (Å²) in [6.45, 7) is 1.29. The largest absolute Gasteiger partial charge is 0.347 e. The second-order valence-corrected chi connectivity index (χ2v) is 5.13. The lowest BCUT2D eigenvalue weighted by atomic mass is 10.2. The summed E-state index contributed by atoms with van der Waals surface area (Å²) in [6, 6.07) is 1.59. The van der Waals surface area contributed by atoms with Crippen molar-refractivity contribution < 1.29 is 4.79 Å². The van der Waals surface area contributed by atoms with Crippen LogP contribution in [0.2, 0.25) is 0 Å². The first kappa shape index (κ1) is 13.5. The van der Waals surface area contributed by atoms with Crippen LogP contribution >= 0.6 is 0 Å². The minimum atomic E-state index is -0.188. The molecule has 1 atom stereocenters. The van der Waals surface area contributed by atoms with Gasteiger partial charge in [-0.3, -0.25) is 4.79 Å². The van der Waals surface area contributed by atoms with Crippen LogP contribution in [0.25, 0.3) is 0 Å². The third kappa shape index (κ3) is 2.86. The number of amides is 1. The van der Waals surface area contributed by atoms with Crippen molar-refractivity contribution in [1.29, 1.82) is 0 Å². The van der Waals surface area contributed by atoms with E-state index >= 15 is 0 Å². The van der Waals surface area contributed by atoms with Gasteiger partial charge in [-0.1, -0.05) is 0 Å². The number of hydrogen-bond donors (Lipinski definition) is 1. The second kappa shape index (κ2) is 5.90. The SMILES string of the molecule is CN(Cc1ncc[nH]1)C(=O)C1CCCN1c1ncccn1. The maximum Gasteiger partial charge on any atom is 0.245 e. The van der Waals surface area contributed by atoms with Crippen molar-refractivity contribution in [1.82, 2.24) is 24.8 Å². The van der Waals surface area contributed by atoms with E-state index in [0.29, 0.717) is 12.5 Å². The van der Waals surface area contributed by atoms with Gasteiger partial charge in [0.05, 0.1) is 6.54 Å². The standard InChI is InChI=1S/C14H18N6O/c1-19(10-12-15-7-8-16-12)13(21)11-4-2-9-20(11)14-17-5-3-6-18-14/h3,5-8,11H,2,4,9-10H2,1H3,(H,15,16). The van der Waals surface area contributed by atoms with Gasteiger partial charge in [0.25, 0.3) is 0 Å². The highest BCUT2D eigenvalue weighted by Crippen LogP contribution is 2.23. The molecule has 0 aromatic carbocycles. The van der Waals surface area contributed by atoms with Gasteiger partial charge in [-0.05, 0) is 18.9 Å². The van der Waals surface area contributed by atoms with Crippen LogP contribution in [-0.4, -0.2) is 50.4 Å². The summed E-state index contributed by atoms with van der Waals surface area (Å²) in [5.41, 5.74) is 0. The van der Waals surface area contributed by atoms with Crippen LogP contribution < -0.4 is 4.90 Å². The average Bonchev–Trinajstić information content (AvgIpc) is 3.18. The lowest BCUT2D eigenvalue weighted by Gasteiger charge is -2.27. The molecule has 2 aromatic heterocycles. The number of likely N-dealkylation sites (N-methyl/N-ethyl adjacent to an activating group) is 1. The average molecular weight is 286 g/mol. The van der Waals surface area contributed by atoms with Crippen LogP contribution in [0.1, 0.15) is 18.7 Å². The monoisotopic (exact) mass is 286 g/mol. The van der Waals surface area contributed by atoms with Crippen LogP contribution in [0.3, 0.4) is 0 Å². The highest BCUT2D eigenvalue weighted by Gasteiger charge is 2.34. The fourth-order valence-electron chi connectivity index (χ4n) is 2.64. The number of anilines is 1. The lowest BCUT2D eigenvalue weighted by Crippen LogP contribution is -2.44. The van der Waals surface area contributed by atoms with E-state index in [0.717, 1.165) is 25.2 Å². The first-order valence-corrected chi connectivity index (χ1v) is 7.02. The summed E-state index contributed by atoms with van der Waals surface area (Å²) < 4.78 is 0. The third-order valence-corrected chi connectivity index (χ3v) is 3.66. The zero-order chi connectivity index (χ0) is 14.7. The van der Waals surface area contributed by atoms with Crippen molar-refractivity contribution in [2.45, 2.75) is 25.4 Å². The Morgan fingerprint density at radius 2 is 2.19 bits per heavy atom. The van der Waals surface area contributed by atoms with Crippen LogP contribution in [0.15, 0.2) is 30.9 Å². The normalized spacial score (nSPS) is 18.0. The topological polar surface area (TPSA) is 78.0 Å². The highest BCUT2D eigenvalue weighted by atomic mass is 16.2. The smallest absolute Gasteiger partial charge is 0.245 e. The van der Waals surface area contributed by atoms with Crippen molar-refractivity contribution >= 4 is 11.9 Å². The zero-order valence-electron chi connectivity index (χ0n) is 11.9. The summed E-state index contributed by atoms with van der Waals surface area (Å²) in [7, 11) is 1.80. The molecule has 21 heavy (non-hydrogen) atoms. The molecule has 7 nitrogen and oxygen atoms in total. The molecule has 0 radical (unpaired) electrons. The quantitative estimate of drug-likeness (QED) is 0.900. The number of aromatic amines is 1. The number of H-pyrrole nitrogens is 1. The molecule has 1 fully saturated rings. The van der Waals surface area contributed by atoms with Crippen LogP contribution in [0, 0.1) is 0 Å². The van der Waals surface area contributed by atoms with E-state index in [2.05, 4.69) is 19.9 Å². The molecule has 3 rings (SSSR count). The van der Waals surface area contributed by atoms with E-state index in [1.165, 1.54) is 0 Å². The van der Waals surface area contributed by atoms with Crippen molar-refractivity contribution in [3.8, 4) is 0 Å². The number of imidazole rings is 1. The molecule has 110 valence electrons. The fourth-order valence-corrected chi connectivity index (χ4v) is 2.64. The molecule has 2 aromatic rings. The Kier molecular flexibility index (Phi) is 3.81. The van der Waals surface area contributed by atoms with Gasteiger partial charge in [-0.25, -0.2) is 15.0 Å². The van der Waals surface area contributed by atoms with Gasteiger partial charge in [0.2, 0.25) is 11.9 Å². The Morgan fingerprint density at radius 1 is 1.38 bits per heavy atom. The summed E-state index contributed by atoms with van der Waals surface area (Å²) in [4.78, 5) is 32.0. The molecule has 1 aliphatic rings. The number of aromatic nitrogens is 4.